The number of ether oxygens (including phenoxy) is 1. The summed E-state index contributed by atoms with van der Waals surface area (Å²) in [5.74, 6) is -0.967. The van der Waals surface area contributed by atoms with Crippen molar-refractivity contribution >= 4 is 58.2 Å². The second kappa shape index (κ2) is 11.4. The fourth-order valence-electron chi connectivity index (χ4n) is 2.77. The number of rotatable bonds is 7. The number of aromatic nitrogens is 1. The van der Waals surface area contributed by atoms with Crippen molar-refractivity contribution in [2.45, 2.75) is 6.54 Å². The van der Waals surface area contributed by atoms with E-state index in [1.54, 1.807) is 0 Å². The van der Waals surface area contributed by atoms with Gasteiger partial charge < -0.3 is 14.4 Å². The Morgan fingerprint density at radius 2 is 1.74 bits per heavy atom. The maximum absolute atomic E-state index is 12.4. The van der Waals surface area contributed by atoms with Crippen LogP contribution in [0.4, 0.5) is 10.5 Å². The largest absolute Gasteiger partial charge is 0.465 e. The third-order valence-electron chi connectivity index (χ3n) is 4.27. The number of nitriles is 1. The zero-order valence-corrected chi connectivity index (χ0v) is 19.7. The van der Waals surface area contributed by atoms with Crippen LogP contribution in [0.1, 0.15) is 5.56 Å². The third-order valence-corrected chi connectivity index (χ3v) is 5.10. The van der Waals surface area contributed by atoms with Crippen molar-refractivity contribution < 1.29 is 19.4 Å². The molecule has 1 aromatic heterocycles. The van der Waals surface area contributed by atoms with E-state index in [-0.39, 0.29) is 38.8 Å². The van der Waals surface area contributed by atoms with Gasteiger partial charge in [0.25, 0.3) is 11.5 Å². The number of hydrogen-bond donors (Lipinski definition) is 3. The van der Waals surface area contributed by atoms with E-state index in [0.29, 0.717) is 0 Å². The lowest BCUT2D eigenvalue weighted by atomic mass is 10.2. The highest BCUT2D eigenvalue weighted by Crippen LogP contribution is 2.39. The Morgan fingerprint density at radius 3 is 2.34 bits per heavy atom. The Morgan fingerprint density at radius 1 is 1.09 bits per heavy atom. The minimum Gasteiger partial charge on any atom is -0.465 e. The van der Waals surface area contributed by atoms with Crippen LogP contribution < -0.4 is 21.0 Å². The number of hydrazone groups is 1. The van der Waals surface area contributed by atoms with Crippen LogP contribution in [0.3, 0.4) is 0 Å². The number of anilines is 1. The lowest BCUT2D eigenvalue weighted by Gasteiger charge is -2.14. The average molecular weight is 535 g/mol. The van der Waals surface area contributed by atoms with Crippen LogP contribution in [0.15, 0.2) is 64.6 Å². The molecular weight excluding hydrogens is 521 g/mol. The van der Waals surface area contributed by atoms with Crippen LogP contribution in [0.2, 0.25) is 15.1 Å². The summed E-state index contributed by atoms with van der Waals surface area (Å²) in [6.07, 6.45) is -0.175. The van der Waals surface area contributed by atoms with Gasteiger partial charge in [-0.3, -0.25) is 20.3 Å². The van der Waals surface area contributed by atoms with Gasteiger partial charge in [0.2, 0.25) is 5.71 Å². The van der Waals surface area contributed by atoms with Crippen LogP contribution in [0.5, 0.6) is 11.5 Å². The van der Waals surface area contributed by atoms with Gasteiger partial charge >= 0.3 is 6.09 Å². The smallest absolute Gasteiger partial charge is 0.411 e. The van der Waals surface area contributed by atoms with Gasteiger partial charge in [0.15, 0.2) is 5.75 Å². The molecule has 0 unspecified atom stereocenters. The molecule has 178 valence electrons. The number of carbonyl (C=O) groups excluding carboxylic acids is 1. The van der Waals surface area contributed by atoms with Crippen molar-refractivity contribution in [2.75, 3.05) is 5.43 Å². The molecular formula is C22H14Cl3N5O5. The van der Waals surface area contributed by atoms with Gasteiger partial charge in [0, 0.05) is 6.07 Å². The molecule has 3 N–H and O–H groups in total. The Kier molecular flexibility index (Phi) is 8.33. The first-order valence-electron chi connectivity index (χ1n) is 9.56. The van der Waals surface area contributed by atoms with Crippen LogP contribution in [-0.4, -0.2) is 27.4 Å². The SMILES string of the molecule is N#CC(=NNc1cc(Cl)c(Oc2cc(Cl)c(=O)n(Cc3ccccc3)c2)c(Cl)c1)C(=O)NC(=O)O. The Labute approximate surface area is 212 Å². The molecule has 0 spiro atoms. The molecule has 0 saturated carbocycles. The standard InChI is InChI=1S/C22H14Cl3N5O5/c23-15-6-13(28-29-18(9-26)20(31)27-22(33)34)7-16(24)19(15)35-14-8-17(25)21(32)30(11-14)10-12-4-2-1-3-5-12/h1-8,11,28H,10H2,(H,27,31)(H,33,34). The maximum Gasteiger partial charge on any atom is 0.411 e. The fraction of sp³-hybridized carbons (Fsp3) is 0.0455. The van der Waals surface area contributed by atoms with E-state index >= 15 is 0 Å². The molecule has 0 radical (unpaired) electrons. The first-order valence-corrected chi connectivity index (χ1v) is 10.7. The average Bonchev–Trinajstić information content (AvgIpc) is 2.80. The molecule has 0 aliphatic carbocycles. The molecule has 0 atom stereocenters. The Balaban J connectivity index is 1.84. The summed E-state index contributed by atoms with van der Waals surface area (Å²) in [6.45, 7) is 0.260. The summed E-state index contributed by atoms with van der Waals surface area (Å²) in [5, 5.41) is 22.6. The summed E-state index contributed by atoms with van der Waals surface area (Å²) in [4.78, 5) is 34.6. The first-order chi connectivity index (χ1) is 16.7. The second-order valence-electron chi connectivity index (χ2n) is 6.76. The molecule has 0 aliphatic rings. The molecule has 2 amide bonds. The summed E-state index contributed by atoms with van der Waals surface area (Å²) < 4.78 is 7.16. The van der Waals surface area contributed by atoms with Crippen molar-refractivity contribution in [1.29, 1.82) is 5.26 Å². The number of halogens is 3. The monoisotopic (exact) mass is 533 g/mol. The van der Waals surface area contributed by atoms with Crippen molar-refractivity contribution in [2.24, 2.45) is 5.10 Å². The van der Waals surface area contributed by atoms with Gasteiger partial charge in [-0.1, -0.05) is 65.1 Å². The zero-order valence-electron chi connectivity index (χ0n) is 17.5. The highest BCUT2D eigenvalue weighted by molar-refractivity contribution is 6.46. The number of carbonyl (C=O) groups is 2. The summed E-state index contributed by atoms with van der Waals surface area (Å²) >= 11 is 18.7. The number of benzene rings is 2. The molecule has 2 aromatic carbocycles. The van der Waals surface area contributed by atoms with E-state index in [4.69, 9.17) is 49.9 Å². The number of carboxylic acid groups (broad SMARTS) is 1. The molecule has 35 heavy (non-hydrogen) atoms. The molecule has 0 bridgehead atoms. The second-order valence-corrected chi connectivity index (χ2v) is 7.98. The van der Waals surface area contributed by atoms with Crippen molar-refractivity contribution in [1.82, 2.24) is 9.88 Å². The topological polar surface area (TPSA) is 146 Å². The third kappa shape index (κ3) is 6.74. The molecule has 0 saturated heterocycles. The number of nitrogens with one attached hydrogen (secondary N) is 2. The van der Waals surface area contributed by atoms with E-state index in [1.165, 1.54) is 40.3 Å². The molecule has 0 aliphatic heterocycles. The highest BCUT2D eigenvalue weighted by atomic mass is 35.5. The Bertz CT molecular complexity index is 1390. The number of nitrogens with zero attached hydrogens (tertiary/aromatic N) is 3. The zero-order chi connectivity index (χ0) is 25.5. The Hall–Kier alpha value is -4.04. The minimum atomic E-state index is -1.64. The molecule has 3 aromatic rings. The first kappa shape index (κ1) is 25.6. The molecule has 0 fully saturated rings. The van der Waals surface area contributed by atoms with E-state index in [1.807, 2.05) is 30.3 Å². The lowest BCUT2D eigenvalue weighted by molar-refractivity contribution is -0.114. The number of amides is 2. The van der Waals surface area contributed by atoms with E-state index < -0.39 is 23.3 Å². The van der Waals surface area contributed by atoms with Crippen LogP contribution >= 0.6 is 34.8 Å². The van der Waals surface area contributed by atoms with Gasteiger partial charge in [-0.15, -0.1) is 0 Å². The normalized spacial score (nSPS) is 10.9. The van der Waals surface area contributed by atoms with Gasteiger partial charge in [-0.05, 0) is 17.7 Å². The van der Waals surface area contributed by atoms with E-state index in [2.05, 4.69) is 10.5 Å². The molecule has 3 rings (SSSR count). The van der Waals surface area contributed by atoms with Crippen molar-refractivity contribution in [3.8, 4) is 17.6 Å². The van der Waals surface area contributed by atoms with E-state index in [9.17, 15) is 14.4 Å². The number of pyridine rings is 1. The van der Waals surface area contributed by atoms with Crippen molar-refractivity contribution in [3.63, 3.8) is 0 Å². The summed E-state index contributed by atoms with van der Waals surface area (Å²) in [7, 11) is 0. The van der Waals surface area contributed by atoms with Crippen LogP contribution in [0, 0.1) is 11.3 Å². The van der Waals surface area contributed by atoms with Crippen molar-refractivity contribution in [3.05, 3.63) is 85.7 Å². The minimum absolute atomic E-state index is 0.0284. The van der Waals surface area contributed by atoms with Gasteiger partial charge in [-0.25, -0.2) is 4.79 Å². The lowest BCUT2D eigenvalue weighted by Crippen LogP contribution is -2.34. The van der Waals surface area contributed by atoms with Crippen LogP contribution in [-0.2, 0) is 11.3 Å². The van der Waals surface area contributed by atoms with Gasteiger partial charge in [-0.2, -0.15) is 10.4 Å². The molecule has 13 heteroatoms. The molecule has 10 nitrogen and oxygen atoms in total. The quantitative estimate of drug-likeness (QED) is 0.293. The van der Waals surface area contributed by atoms with Gasteiger partial charge in [0.1, 0.15) is 16.8 Å². The molecule has 1 heterocycles. The fourth-order valence-corrected chi connectivity index (χ4v) is 3.55. The summed E-state index contributed by atoms with van der Waals surface area (Å²) in [5.41, 5.74) is 2.31. The highest BCUT2D eigenvalue weighted by Gasteiger charge is 2.16. The van der Waals surface area contributed by atoms with E-state index in [0.717, 1.165) is 5.56 Å². The predicted octanol–water partition coefficient (Wildman–Crippen LogP) is 4.73. The predicted molar refractivity (Wildman–Crippen MR) is 131 cm³/mol. The summed E-state index contributed by atoms with van der Waals surface area (Å²) in [6, 6.07) is 14.8. The maximum atomic E-state index is 12.4. The van der Waals surface area contributed by atoms with Crippen LogP contribution in [0.25, 0.3) is 0 Å². The van der Waals surface area contributed by atoms with Gasteiger partial charge in [0.05, 0.1) is 28.5 Å². The number of imide groups is 1. The number of hydrogen-bond acceptors (Lipinski definition) is 7.